The lowest BCUT2D eigenvalue weighted by molar-refractivity contribution is -0.132. The van der Waals surface area contributed by atoms with Crippen LogP contribution in [0.3, 0.4) is 0 Å². The summed E-state index contributed by atoms with van der Waals surface area (Å²) in [5.41, 5.74) is 2.11. The van der Waals surface area contributed by atoms with E-state index < -0.39 is 0 Å². The molecule has 0 spiro atoms. The molecule has 0 aliphatic carbocycles. The zero-order valence-corrected chi connectivity index (χ0v) is 16.3. The lowest BCUT2D eigenvalue weighted by atomic mass is 9.90. The van der Waals surface area contributed by atoms with Gasteiger partial charge < -0.3 is 4.90 Å². The van der Waals surface area contributed by atoms with Gasteiger partial charge in [-0.3, -0.25) is 4.79 Å². The van der Waals surface area contributed by atoms with E-state index in [0.29, 0.717) is 0 Å². The van der Waals surface area contributed by atoms with Crippen LogP contribution < -0.4 is 0 Å². The fourth-order valence-electron chi connectivity index (χ4n) is 3.45. The summed E-state index contributed by atoms with van der Waals surface area (Å²) in [4.78, 5) is 18.3. The average Bonchev–Trinajstić information content (AvgIpc) is 3.32. The second-order valence-corrected chi connectivity index (χ2v) is 8.97. The molecule has 1 atom stereocenters. The fraction of sp³-hybridized carbons (Fsp3) is 0.227. The minimum absolute atomic E-state index is 0.135. The number of aryl methyl sites for hydroxylation is 1. The second-order valence-electron chi connectivity index (χ2n) is 6.46. The zero-order chi connectivity index (χ0) is 17.9. The number of rotatable bonds is 4. The van der Waals surface area contributed by atoms with Gasteiger partial charge in [-0.25, -0.2) is 0 Å². The van der Waals surface area contributed by atoms with Crippen molar-refractivity contribution in [1.82, 2.24) is 4.90 Å². The van der Waals surface area contributed by atoms with E-state index in [9.17, 15) is 4.79 Å². The molecule has 0 bridgehead atoms. The number of nitrogens with zero attached hydrogens (tertiary/aromatic N) is 1. The standard InChI is InChI=1S/C22H21NOS2/c1-16-12-13-19(26-16)22-23(14-15-25-22)21(24)20(17-8-4-2-5-9-17)18-10-6-3-7-11-18/h2-13,20,22H,14-15H2,1H3/t22-/m1/s1. The predicted octanol–water partition coefficient (Wildman–Crippen LogP) is 5.46. The van der Waals surface area contributed by atoms with Crippen LogP contribution in [0.4, 0.5) is 0 Å². The van der Waals surface area contributed by atoms with Gasteiger partial charge in [0.1, 0.15) is 5.37 Å². The Morgan fingerprint density at radius 1 is 0.962 bits per heavy atom. The van der Waals surface area contributed by atoms with Gasteiger partial charge in [-0.05, 0) is 30.2 Å². The van der Waals surface area contributed by atoms with Crippen LogP contribution in [-0.2, 0) is 4.79 Å². The maximum atomic E-state index is 13.7. The maximum absolute atomic E-state index is 13.7. The molecule has 4 rings (SSSR count). The molecule has 1 fully saturated rings. The van der Waals surface area contributed by atoms with Crippen molar-refractivity contribution in [1.29, 1.82) is 0 Å². The van der Waals surface area contributed by atoms with Crippen LogP contribution >= 0.6 is 23.1 Å². The van der Waals surface area contributed by atoms with E-state index in [1.165, 1.54) is 9.75 Å². The molecule has 0 N–H and O–H groups in total. The van der Waals surface area contributed by atoms with Gasteiger partial charge in [0.15, 0.2) is 0 Å². The van der Waals surface area contributed by atoms with Crippen molar-refractivity contribution in [2.24, 2.45) is 0 Å². The van der Waals surface area contributed by atoms with Crippen molar-refractivity contribution in [3.8, 4) is 0 Å². The summed E-state index contributed by atoms with van der Waals surface area (Å²) in [6.45, 7) is 2.93. The van der Waals surface area contributed by atoms with E-state index in [2.05, 4.69) is 48.2 Å². The number of hydrogen-bond donors (Lipinski definition) is 0. The first-order chi connectivity index (χ1) is 12.7. The summed E-state index contributed by atoms with van der Waals surface area (Å²) in [6, 6.07) is 24.6. The van der Waals surface area contributed by atoms with Gasteiger partial charge in [0.05, 0.1) is 5.92 Å². The van der Waals surface area contributed by atoms with Crippen LogP contribution in [-0.4, -0.2) is 23.1 Å². The number of benzene rings is 2. The quantitative estimate of drug-likeness (QED) is 0.600. The molecule has 132 valence electrons. The lowest BCUT2D eigenvalue weighted by Gasteiger charge is -2.28. The number of carbonyl (C=O) groups is 1. The molecule has 4 heteroatoms. The third-order valence-electron chi connectivity index (χ3n) is 4.69. The van der Waals surface area contributed by atoms with Gasteiger partial charge in [-0.15, -0.1) is 23.1 Å². The number of thioether (sulfide) groups is 1. The summed E-state index contributed by atoms with van der Waals surface area (Å²) < 4.78 is 0. The van der Waals surface area contributed by atoms with Gasteiger partial charge in [0, 0.05) is 22.1 Å². The van der Waals surface area contributed by atoms with Crippen molar-refractivity contribution >= 4 is 29.0 Å². The highest BCUT2D eigenvalue weighted by atomic mass is 32.2. The topological polar surface area (TPSA) is 20.3 Å². The molecule has 2 heterocycles. The Hall–Kier alpha value is -2.04. The maximum Gasteiger partial charge on any atom is 0.235 e. The minimum Gasteiger partial charge on any atom is -0.324 e. The average molecular weight is 380 g/mol. The highest BCUT2D eigenvalue weighted by Crippen LogP contribution is 2.43. The molecule has 1 aliphatic heterocycles. The summed E-state index contributed by atoms with van der Waals surface area (Å²) in [7, 11) is 0. The third kappa shape index (κ3) is 3.44. The molecule has 0 saturated carbocycles. The van der Waals surface area contributed by atoms with E-state index in [0.717, 1.165) is 23.4 Å². The largest absolute Gasteiger partial charge is 0.324 e. The molecule has 1 amide bonds. The summed E-state index contributed by atoms with van der Waals surface area (Å²) >= 11 is 3.66. The first-order valence-corrected chi connectivity index (χ1v) is 10.7. The van der Waals surface area contributed by atoms with E-state index >= 15 is 0 Å². The van der Waals surface area contributed by atoms with Crippen LogP contribution in [0.2, 0.25) is 0 Å². The molecular formula is C22H21NOS2. The minimum atomic E-state index is -0.250. The van der Waals surface area contributed by atoms with Gasteiger partial charge >= 0.3 is 0 Å². The van der Waals surface area contributed by atoms with E-state index in [4.69, 9.17) is 0 Å². The smallest absolute Gasteiger partial charge is 0.235 e. The number of amides is 1. The van der Waals surface area contributed by atoms with E-state index in [1.54, 1.807) is 11.3 Å². The molecule has 3 aromatic rings. The Balaban J connectivity index is 1.70. The highest BCUT2D eigenvalue weighted by Gasteiger charge is 2.36. The summed E-state index contributed by atoms with van der Waals surface area (Å²) in [5.74, 6) is 0.937. The monoisotopic (exact) mass is 379 g/mol. The number of thiophene rings is 1. The SMILES string of the molecule is Cc1ccc([C@H]2SCCN2C(=O)C(c2ccccc2)c2ccccc2)s1. The highest BCUT2D eigenvalue weighted by molar-refractivity contribution is 7.99. The lowest BCUT2D eigenvalue weighted by Crippen LogP contribution is -2.35. The summed E-state index contributed by atoms with van der Waals surface area (Å²) in [6.07, 6.45) is 0. The van der Waals surface area contributed by atoms with Crippen LogP contribution in [0, 0.1) is 6.92 Å². The molecule has 2 nitrogen and oxygen atoms in total. The Morgan fingerprint density at radius 3 is 2.12 bits per heavy atom. The van der Waals surface area contributed by atoms with Crippen molar-refractivity contribution in [2.45, 2.75) is 18.2 Å². The fourth-order valence-corrected chi connectivity index (χ4v) is 5.83. The first kappa shape index (κ1) is 17.4. The Labute approximate surface area is 162 Å². The normalized spacial score (nSPS) is 17.0. The van der Waals surface area contributed by atoms with Crippen molar-refractivity contribution in [2.75, 3.05) is 12.3 Å². The Morgan fingerprint density at radius 2 is 1.58 bits per heavy atom. The van der Waals surface area contributed by atoms with Crippen molar-refractivity contribution in [3.63, 3.8) is 0 Å². The van der Waals surface area contributed by atoms with Crippen LogP contribution in [0.25, 0.3) is 0 Å². The molecule has 26 heavy (non-hydrogen) atoms. The number of carbonyl (C=O) groups excluding carboxylic acids is 1. The Kier molecular flexibility index (Phi) is 5.14. The molecule has 1 aliphatic rings. The van der Waals surface area contributed by atoms with Gasteiger partial charge in [-0.2, -0.15) is 0 Å². The predicted molar refractivity (Wildman–Crippen MR) is 111 cm³/mol. The Bertz CT molecular complexity index is 836. The van der Waals surface area contributed by atoms with Crippen LogP contribution in [0.5, 0.6) is 0 Å². The summed E-state index contributed by atoms with van der Waals surface area (Å²) in [5, 5.41) is 0.135. The van der Waals surface area contributed by atoms with Gasteiger partial charge in [0.2, 0.25) is 5.91 Å². The van der Waals surface area contributed by atoms with Gasteiger partial charge in [0.25, 0.3) is 0 Å². The number of hydrogen-bond acceptors (Lipinski definition) is 3. The van der Waals surface area contributed by atoms with Crippen LogP contribution in [0.1, 0.15) is 32.2 Å². The molecule has 1 aromatic heterocycles. The van der Waals surface area contributed by atoms with Crippen LogP contribution in [0.15, 0.2) is 72.8 Å². The second kappa shape index (κ2) is 7.68. The molecule has 1 saturated heterocycles. The zero-order valence-electron chi connectivity index (χ0n) is 14.7. The van der Waals surface area contributed by atoms with E-state index in [-0.39, 0.29) is 17.2 Å². The van der Waals surface area contributed by atoms with Gasteiger partial charge in [-0.1, -0.05) is 60.7 Å². The molecule has 0 unspecified atom stereocenters. The van der Waals surface area contributed by atoms with E-state index in [1.807, 2.05) is 48.2 Å². The molecule has 2 aromatic carbocycles. The van der Waals surface area contributed by atoms with Crippen molar-refractivity contribution < 1.29 is 4.79 Å². The third-order valence-corrected chi connectivity index (χ3v) is 7.14. The van der Waals surface area contributed by atoms with Crippen molar-refractivity contribution in [3.05, 3.63) is 93.7 Å². The molecule has 0 radical (unpaired) electrons. The molecular weight excluding hydrogens is 358 g/mol. The first-order valence-electron chi connectivity index (χ1n) is 8.82.